The summed E-state index contributed by atoms with van der Waals surface area (Å²) in [5, 5.41) is 22.7. The van der Waals surface area contributed by atoms with E-state index in [0.717, 1.165) is 6.07 Å². The highest BCUT2D eigenvalue weighted by Crippen LogP contribution is 2.43. The van der Waals surface area contributed by atoms with E-state index in [9.17, 15) is 31.9 Å². The molecule has 4 rings (SSSR count). The molecule has 190 valence electrons. The van der Waals surface area contributed by atoms with E-state index < -0.39 is 31.8 Å². The number of halogens is 3. The number of aliphatic hydroxyl groups excluding tert-OH is 1. The third kappa shape index (κ3) is 4.35. The van der Waals surface area contributed by atoms with E-state index in [1.165, 1.54) is 12.1 Å². The molecule has 3 aromatic rings. The fraction of sp³-hybridized carbons (Fsp3) is 0.458. The molecule has 0 atom stereocenters. The second-order valence-corrected chi connectivity index (χ2v) is 12.0. The second-order valence-electron chi connectivity index (χ2n) is 9.45. The number of aromatic amines is 1. The number of hydrogen-bond donors (Lipinski definition) is 2. The number of ether oxygens (including phenoxy) is 1. The van der Waals surface area contributed by atoms with E-state index in [4.69, 9.17) is 4.74 Å². The third-order valence-electron chi connectivity index (χ3n) is 6.74. The maximum absolute atomic E-state index is 13.7. The number of fused-ring (bicyclic) bond motifs is 1. The van der Waals surface area contributed by atoms with Crippen LogP contribution in [-0.4, -0.2) is 41.6 Å². The zero-order valence-corrected chi connectivity index (χ0v) is 20.3. The lowest BCUT2D eigenvalue weighted by Gasteiger charge is -2.29. The van der Waals surface area contributed by atoms with Crippen molar-refractivity contribution in [2.45, 2.75) is 74.5 Å². The smallest absolute Gasteiger partial charge is 0.408 e. The van der Waals surface area contributed by atoms with E-state index in [1.807, 2.05) is 0 Å². The van der Waals surface area contributed by atoms with Crippen molar-refractivity contribution in [2.75, 3.05) is 0 Å². The van der Waals surface area contributed by atoms with Gasteiger partial charge in [-0.1, -0.05) is 0 Å². The topological polar surface area (TPSA) is 106 Å². The summed E-state index contributed by atoms with van der Waals surface area (Å²) in [4.78, 5) is 2.35. The predicted molar refractivity (Wildman–Crippen MR) is 124 cm³/mol. The lowest BCUT2D eigenvalue weighted by molar-refractivity contribution is -0.586. The summed E-state index contributed by atoms with van der Waals surface area (Å²) >= 11 is 0. The van der Waals surface area contributed by atoms with Crippen LogP contribution in [0.5, 0.6) is 5.75 Å². The summed E-state index contributed by atoms with van der Waals surface area (Å²) in [5.41, 5.74) is 1.27. The summed E-state index contributed by atoms with van der Waals surface area (Å²) in [6.45, 7) is 2.85. The molecule has 1 aliphatic carbocycles. The molecule has 2 heterocycles. The number of H-pyrrole nitrogens is 1. The molecule has 0 amide bonds. The van der Waals surface area contributed by atoms with Gasteiger partial charge in [0.2, 0.25) is 0 Å². The summed E-state index contributed by atoms with van der Waals surface area (Å²) in [6.07, 6.45) is -1.83. The molecule has 1 aromatic carbocycles. The Bertz CT molecular complexity index is 1360. The first-order valence-electron chi connectivity index (χ1n) is 11.2. The monoisotopic (exact) mass is 512 g/mol. The number of pyridine rings is 1. The molecule has 0 unspecified atom stereocenters. The van der Waals surface area contributed by atoms with Gasteiger partial charge >= 0.3 is 6.18 Å². The van der Waals surface area contributed by atoms with Gasteiger partial charge in [0.25, 0.3) is 5.65 Å². The van der Waals surface area contributed by atoms with Gasteiger partial charge in [-0.15, -0.1) is 0 Å². The Morgan fingerprint density at radius 3 is 2.37 bits per heavy atom. The molecule has 35 heavy (non-hydrogen) atoms. The van der Waals surface area contributed by atoms with Crippen LogP contribution in [0.1, 0.15) is 45.2 Å². The number of sulfone groups is 1. The summed E-state index contributed by atoms with van der Waals surface area (Å²) in [5.74, 6) is 0.292. The van der Waals surface area contributed by atoms with E-state index in [1.54, 1.807) is 25.3 Å². The second kappa shape index (κ2) is 8.70. The standard InChI is InChI=1S/C24H27F3N2O5S/c1-14-12-19(18-10-11-28-22(18)29(14)31)20-13-17(35(32,33)23(2,3)24(25,26)27)8-9-21(20)34-16-6-4-15(30)5-7-16/h8-13,15-16,28,30H,4-7H2,1-3H3/t15-,16-. The van der Waals surface area contributed by atoms with Gasteiger partial charge in [0, 0.05) is 11.1 Å². The summed E-state index contributed by atoms with van der Waals surface area (Å²) in [6, 6.07) is 6.87. The number of hydrogen-bond acceptors (Lipinski definition) is 5. The summed E-state index contributed by atoms with van der Waals surface area (Å²) in [7, 11) is -4.83. The summed E-state index contributed by atoms with van der Waals surface area (Å²) < 4.78 is 71.0. The quantitative estimate of drug-likeness (QED) is 0.385. The molecule has 2 N–H and O–H groups in total. The van der Waals surface area contributed by atoms with Gasteiger partial charge in [-0.05, 0) is 76.8 Å². The van der Waals surface area contributed by atoms with Gasteiger partial charge in [0.15, 0.2) is 14.6 Å². The number of rotatable bonds is 5. The Morgan fingerprint density at radius 1 is 1.09 bits per heavy atom. The average Bonchev–Trinajstić information content (AvgIpc) is 3.27. The maximum atomic E-state index is 13.7. The van der Waals surface area contributed by atoms with Crippen LogP contribution in [-0.2, 0) is 9.84 Å². The van der Waals surface area contributed by atoms with E-state index >= 15 is 0 Å². The Hall–Kier alpha value is -2.79. The number of benzene rings is 1. The van der Waals surface area contributed by atoms with Crippen molar-refractivity contribution in [3.8, 4) is 16.9 Å². The molecule has 1 aliphatic rings. The van der Waals surface area contributed by atoms with Gasteiger partial charge in [0.1, 0.15) is 11.4 Å². The number of nitrogens with zero attached hydrogens (tertiary/aromatic N) is 1. The molecule has 0 aliphatic heterocycles. The fourth-order valence-electron chi connectivity index (χ4n) is 4.27. The van der Waals surface area contributed by atoms with E-state index in [-0.39, 0.29) is 17.3 Å². The first kappa shape index (κ1) is 25.3. The Kier molecular flexibility index (Phi) is 6.29. The van der Waals surface area contributed by atoms with Gasteiger partial charge in [-0.3, -0.25) is 0 Å². The van der Waals surface area contributed by atoms with Crippen LogP contribution in [0.3, 0.4) is 0 Å². The molecular weight excluding hydrogens is 485 g/mol. The van der Waals surface area contributed by atoms with Gasteiger partial charge in [0.05, 0.1) is 28.7 Å². The molecule has 1 fully saturated rings. The zero-order valence-electron chi connectivity index (χ0n) is 19.5. The van der Waals surface area contributed by atoms with Gasteiger partial charge in [-0.25, -0.2) is 18.1 Å². The minimum atomic E-state index is -4.99. The molecule has 11 heteroatoms. The molecule has 0 bridgehead atoms. The Morgan fingerprint density at radius 2 is 1.74 bits per heavy atom. The van der Waals surface area contributed by atoms with Crippen LogP contribution < -0.4 is 9.47 Å². The number of aliphatic hydroxyl groups is 1. The van der Waals surface area contributed by atoms with E-state index in [0.29, 0.717) is 66.7 Å². The molecular formula is C24H27F3N2O5S. The molecule has 0 radical (unpaired) electrons. The predicted octanol–water partition coefficient (Wildman–Crippen LogP) is 4.57. The lowest BCUT2D eigenvalue weighted by Crippen LogP contribution is -2.46. The minimum Gasteiger partial charge on any atom is -0.710 e. The van der Waals surface area contributed by atoms with Gasteiger partial charge < -0.3 is 15.1 Å². The Labute approximate surface area is 201 Å². The number of nitrogens with one attached hydrogen (secondary N) is 1. The van der Waals surface area contributed by atoms with Crippen LogP contribution in [0.4, 0.5) is 13.2 Å². The highest BCUT2D eigenvalue weighted by atomic mass is 32.2. The molecule has 1 saturated carbocycles. The number of aryl methyl sites for hydroxylation is 1. The normalized spacial score (nSPS) is 19.7. The van der Waals surface area contributed by atoms with Crippen LogP contribution >= 0.6 is 0 Å². The van der Waals surface area contributed by atoms with Crippen LogP contribution in [0.25, 0.3) is 22.2 Å². The van der Waals surface area contributed by atoms with Crippen molar-refractivity contribution < 1.29 is 36.2 Å². The zero-order chi connectivity index (χ0) is 25.8. The maximum Gasteiger partial charge on any atom is 0.408 e. The van der Waals surface area contributed by atoms with Crippen molar-refractivity contribution in [1.82, 2.24) is 4.98 Å². The molecule has 7 nitrogen and oxygen atoms in total. The third-order valence-corrected chi connectivity index (χ3v) is 9.19. The largest absolute Gasteiger partial charge is 0.710 e. The van der Waals surface area contributed by atoms with E-state index in [2.05, 4.69) is 4.98 Å². The first-order valence-corrected chi connectivity index (χ1v) is 12.7. The number of aromatic nitrogens is 2. The van der Waals surface area contributed by atoms with Crippen molar-refractivity contribution in [3.05, 3.63) is 47.4 Å². The lowest BCUT2D eigenvalue weighted by atomic mass is 9.95. The average molecular weight is 513 g/mol. The highest BCUT2D eigenvalue weighted by molar-refractivity contribution is 7.92. The SMILES string of the molecule is Cc1cc(-c2cc(S(=O)(=O)C(C)(C)C(F)(F)F)ccc2O[C@H]2CC[C@H](O)CC2)c2cc[nH]c2[n+]1[O-]. The Balaban J connectivity index is 1.90. The molecule has 0 spiro atoms. The first-order chi connectivity index (χ1) is 16.2. The fourth-order valence-corrected chi connectivity index (χ4v) is 5.68. The molecule has 2 aromatic heterocycles. The minimum absolute atomic E-state index is 0.232. The van der Waals surface area contributed by atoms with Crippen molar-refractivity contribution in [3.63, 3.8) is 0 Å². The van der Waals surface area contributed by atoms with Gasteiger partial charge in [-0.2, -0.15) is 13.2 Å². The van der Waals surface area contributed by atoms with Crippen LogP contribution in [0.2, 0.25) is 0 Å². The van der Waals surface area contributed by atoms with Crippen LogP contribution in [0.15, 0.2) is 41.4 Å². The van der Waals surface area contributed by atoms with Crippen molar-refractivity contribution in [1.29, 1.82) is 0 Å². The van der Waals surface area contributed by atoms with Crippen molar-refractivity contribution in [2.24, 2.45) is 0 Å². The van der Waals surface area contributed by atoms with Crippen LogP contribution in [0, 0.1) is 12.1 Å². The molecule has 0 saturated heterocycles. The van der Waals surface area contributed by atoms with Crippen molar-refractivity contribution >= 4 is 20.9 Å². The highest BCUT2D eigenvalue weighted by Gasteiger charge is 2.57. The number of alkyl halides is 3.